The fourth-order valence-corrected chi connectivity index (χ4v) is 3.86. The maximum atomic E-state index is 13.2. The van der Waals surface area contributed by atoms with Crippen molar-refractivity contribution in [2.75, 3.05) is 16.6 Å². The van der Waals surface area contributed by atoms with E-state index in [4.69, 9.17) is 5.73 Å². The number of fused-ring (bicyclic) bond motifs is 1. The molecule has 2 N–H and O–H groups in total. The summed E-state index contributed by atoms with van der Waals surface area (Å²) in [5.74, 6) is -0.688. The van der Waals surface area contributed by atoms with Crippen LogP contribution in [0.25, 0.3) is 0 Å². The number of hydrogen-bond acceptors (Lipinski definition) is 4. The van der Waals surface area contributed by atoms with E-state index in [0.29, 0.717) is 24.3 Å². The van der Waals surface area contributed by atoms with Crippen LogP contribution >= 0.6 is 0 Å². The molecule has 104 valence electrons. The van der Waals surface area contributed by atoms with Crippen LogP contribution in [0.4, 0.5) is 15.8 Å². The van der Waals surface area contributed by atoms with E-state index in [2.05, 4.69) is 4.98 Å². The third-order valence-corrected chi connectivity index (χ3v) is 5.02. The lowest BCUT2D eigenvalue weighted by Gasteiger charge is -2.20. The van der Waals surface area contributed by atoms with Crippen molar-refractivity contribution in [3.63, 3.8) is 0 Å². The molecule has 0 fully saturated rings. The first-order valence-corrected chi connectivity index (χ1v) is 7.45. The van der Waals surface area contributed by atoms with E-state index in [-0.39, 0.29) is 4.90 Å². The van der Waals surface area contributed by atoms with Crippen LogP contribution in [0.2, 0.25) is 0 Å². The summed E-state index contributed by atoms with van der Waals surface area (Å²) >= 11 is 0. The second-order valence-corrected chi connectivity index (χ2v) is 6.38. The van der Waals surface area contributed by atoms with E-state index in [9.17, 15) is 12.8 Å². The van der Waals surface area contributed by atoms with Gasteiger partial charge in [0, 0.05) is 12.7 Å². The van der Waals surface area contributed by atoms with Crippen molar-refractivity contribution in [1.29, 1.82) is 0 Å². The van der Waals surface area contributed by atoms with Gasteiger partial charge in [0.15, 0.2) is 0 Å². The Morgan fingerprint density at radius 2 is 2.10 bits per heavy atom. The normalized spacial score (nSPS) is 14.3. The molecule has 0 atom stereocenters. The number of benzene rings is 1. The van der Waals surface area contributed by atoms with Crippen LogP contribution in [-0.2, 0) is 16.4 Å². The Bertz CT molecular complexity index is 777. The van der Waals surface area contributed by atoms with Gasteiger partial charge in [-0.3, -0.25) is 9.29 Å². The monoisotopic (exact) mass is 293 g/mol. The van der Waals surface area contributed by atoms with Gasteiger partial charge in [-0.15, -0.1) is 0 Å². The molecule has 2 heterocycles. The lowest BCUT2D eigenvalue weighted by atomic mass is 10.1. The first-order chi connectivity index (χ1) is 9.50. The van der Waals surface area contributed by atoms with E-state index in [1.165, 1.54) is 4.31 Å². The van der Waals surface area contributed by atoms with E-state index in [1.807, 2.05) is 6.07 Å². The van der Waals surface area contributed by atoms with Gasteiger partial charge in [-0.1, -0.05) is 12.1 Å². The molecule has 1 aliphatic heterocycles. The average Bonchev–Trinajstić information content (AvgIpc) is 2.85. The molecule has 1 aliphatic rings. The highest BCUT2D eigenvalue weighted by atomic mass is 32.2. The maximum Gasteiger partial charge on any atom is 0.266 e. The van der Waals surface area contributed by atoms with Crippen molar-refractivity contribution in [2.24, 2.45) is 0 Å². The zero-order chi connectivity index (χ0) is 14.3. The minimum atomic E-state index is -3.85. The number of sulfonamides is 1. The molecule has 0 radical (unpaired) electrons. The molecule has 20 heavy (non-hydrogen) atoms. The Kier molecular flexibility index (Phi) is 2.86. The number of aromatic nitrogens is 1. The summed E-state index contributed by atoms with van der Waals surface area (Å²) in [6.07, 6.45) is 2.68. The molecule has 0 unspecified atom stereocenters. The second kappa shape index (κ2) is 4.45. The maximum absolute atomic E-state index is 13.2. The lowest BCUT2D eigenvalue weighted by Crippen LogP contribution is -2.29. The van der Waals surface area contributed by atoms with Crippen LogP contribution in [0.1, 0.15) is 5.56 Å². The third kappa shape index (κ3) is 1.90. The molecule has 0 spiro atoms. The predicted molar refractivity (Wildman–Crippen MR) is 73.3 cm³/mol. The molecular formula is C13H12FN3O2S. The van der Waals surface area contributed by atoms with Crippen LogP contribution in [0.5, 0.6) is 0 Å². The third-order valence-electron chi connectivity index (χ3n) is 3.25. The summed E-state index contributed by atoms with van der Waals surface area (Å²) in [6, 6.07) is 6.23. The Balaban J connectivity index is 2.12. The molecule has 7 heteroatoms. The highest BCUT2D eigenvalue weighted by Gasteiger charge is 2.32. The quantitative estimate of drug-likeness (QED) is 0.852. The molecule has 1 aromatic heterocycles. The summed E-state index contributed by atoms with van der Waals surface area (Å²) in [4.78, 5) is 3.42. The van der Waals surface area contributed by atoms with Gasteiger partial charge in [0.25, 0.3) is 10.0 Å². The van der Waals surface area contributed by atoms with Gasteiger partial charge in [0.05, 0.1) is 17.6 Å². The molecule has 2 aromatic rings. The van der Waals surface area contributed by atoms with E-state index < -0.39 is 15.8 Å². The number of nitrogen functional groups attached to an aromatic ring is 1. The van der Waals surface area contributed by atoms with Crippen molar-refractivity contribution < 1.29 is 12.8 Å². The van der Waals surface area contributed by atoms with Crippen molar-refractivity contribution in [1.82, 2.24) is 4.98 Å². The van der Waals surface area contributed by atoms with Crippen molar-refractivity contribution in [2.45, 2.75) is 11.3 Å². The Labute approximate surface area is 115 Å². The summed E-state index contributed by atoms with van der Waals surface area (Å²) in [5, 5.41) is 0. The second-order valence-electron chi connectivity index (χ2n) is 4.52. The molecule has 0 amide bonds. The highest BCUT2D eigenvalue weighted by Crippen LogP contribution is 2.37. The highest BCUT2D eigenvalue weighted by molar-refractivity contribution is 7.92. The molecule has 5 nitrogen and oxygen atoms in total. The molecule has 0 saturated carbocycles. The standard InChI is InChI=1S/C13H12FN3O2S/c14-10-6-11(8-16-7-10)20(18,19)17-5-4-9-2-1-3-12(15)13(9)17/h1-3,6-8H,4-5,15H2. The van der Waals surface area contributed by atoms with Crippen molar-refractivity contribution in [3.8, 4) is 0 Å². The first-order valence-electron chi connectivity index (χ1n) is 6.01. The Morgan fingerprint density at radius 3 is 2.85 bits per heavy atom. The van der Waals surface area contributed by atoms with Crippen LogP contribution in [0.15, 0.2) is 41.6 Å². The molecule has 0 bridgehead atoms. The predicted octanol–water partition coefficient (Wildman–Crippen LogP) is 1.55. The van der Waals surface area contributed by atoms with E-state index >= 15 is 0 Å². The number of anilines is 2. The number of nitrogens with zero attached hydrogens (tertiary/aromatic N) is 2. The van der Waals surface area contributed by atoms with Gasteiger partial charge in [-0.2, -0.15) is 0 Å². The van der Waals surface area contributed by atoms with Gasteiger partial charge in [-0.05, 0) is 24.1 Å². The average molecular weight is 293 g/mol. The minimum Gasteiger partial charge on any atom is -0.397 e. The topological polar surface area (TPSA) is 76.3 Å². The van der Waals surface area contributed by atoms with Crippen LogP contribution in [0.3, 0.4) is 0 Å². The molecular weight excluding hydrogens is 281 g/mol. The van der Waals surface area contributed by atoms with Gasteiger partial charge < -0.3 is 5.73 Å². The summed E-state index contributed by atoms with van der Waals surface area (Å²) in [6.45, 7) is 0.294. The van der Waals surface area contributed by atoms with Gasteiger partial charge >= 0.3 is 0 Å². The van der Waals surface area contributed by atoms with Crippen LogP contribution in [0, 0.1) is 5.82 Å². The number of halogens is 1. The molecule has 0 aliphatic carbocycles. The smallest absolute Gasteiger partial charge is 0.266 e. The zero-order valence-electron chi connectivity index (χ0n) is 10.5. The molecule has 0 saturated heterocycles. The van der Waals surface area contributed by atoms with Gasteiger partial charge in [0.2, 0.25) is 0 Å². The number of nitrogens with two attached hydrogens (primary N) is 1. The number of pyridine rings is 1. The lowest BCUT2D eigenvalue weighted by molar-refractivity contribution is 0.585. The number of rotatable bonds is 2. The minimum absolute atomic E-state index is 0.173. The van der Waals surface area contributed by atoms with E-state index in [1.54, 1.807) is 12.1 Å². The number of hydrogen-bond donors (Lipinski definition) is 1. The SMILES string of the molecule is Nc1cccc2c1N(S(=O)(=O)c1cncc(F)c1)CC2. The Morgan fingerprint density at radius 1 is 1.30 bits per heavy atom. The molecule has 3 rings (SSSR count). The Hall–Kier alpha value is -2.15. The van der Waals surface area contributed by atoms with Crippen molar-refractivity contribution in [3.05, 3.63) is 48.0 Å². The van der Waals surface area contributed by atoms with Gasteiger partial charge in [-0.25, -0.2) is 12.8 Å². The first kappa shape index (κ1) is 12.9. The largest absolute Gasteiger partial charge is 0.397 e. The van der Waals surface area contributed by atoms with Crippen molar-refractivity contribution >= 4 is 21.4 Å². The molecule has 1 aromatic carbocycles. The fraction of sp³-hybridized carbons (Fsp3) is 0.154. The fourth-order valence-electron chi connectivity index (χ4n) is 2.35. The number of para-hydroxylation sites is 1. The van der Waals surface area contributed by atoms with E-state index in [0.717, 1.165) is 24.0 Å². The van der Waals surface area contributed by atoms with Crippen LogP contribution < -0.4 is 10.0 Å². The summed E-state index contributed by atoms with van der Waals surface area (Å²) in [5.41, 5.74) is 7.62. The van der Waals surface area contributed by atoms with Gasteiger partial charge in [0.1, 0.15) is 10.7 Å². The summed E-state index contributed by atoms with van der Waals surface area (Å²) < 4.78 is 39.5. The zero-order valence-corrected chi connectivity index (χ0v) is 11.3. The summed E-state index contributed by atoms with van der Waals surface area (Å²) in [7, 11) is -3.85. The van der Waals surface area contributed by atoms with Crippen LogP contribution in [-0.4, -0.2) is 19.9 Å².